The zero-order valence-corrected chi connectivity index (χ0v) is 45.7. The first-order valence-electron chi connectivity index (χ1n) is 28.9. The summed E-state index contributed by atoms with van der Waals surface area (Å²) in [6.07, 6.45) is 16.7. The standard InChI is InChI=1S/C57H101NO18/c1-3-5-7-9-11-13-15-17-19-20-21-22-24-26-28-30-32-34-41(62)40(58-45(63)35-33-31-29-27-25-23-18-16-14-12-10-8-6-4-2)39-71-55-51(69)48(66)53(43(37-60)73-55)76-57-52(70)49(67)54(44(38-61)74-57)75-56-50(68)47(65)46(64)42(36-59)72-56/h16,18-20,24,26,32,34,40-44,46-57,59-62,64-70H,3-15,17,21-23,25,27-31,33,35-39H2,1-2H3,(H,58,63)/b18-16-,20-19+,26-24+,34-32+. The molecule has 3 rings (SSSR count). The minimum Gasteiger partial charge on any atom is -0.394 e. The van der Waals surface area contributed by atoms with Crippen molar-refractivity contribution >= 4 is 5.91 Å². The van der Waals surface area contributed by atoms with E-state index in [1.54, 1.807) is 6.08 Å². The number of aliphatic hydroxyl groups excluding tert-OH is 11. The van der Waals surface area contributed by atoms with Gasteiger partial charge in [-0.2, -0.15) is 0 Å². The van der Waals surface area contributed by atoms with E-state index < -0.39 is 124 Å². The fourth-order valence-electron chi connectivity index (χ4n) is 9.51. The van der Waals surface area contributed by atoms with E-state index >= 15 is 0 Å². The Kier molecular flexibility index (Phi) is 36.6. The molecule has 3 saturated heterocycles. The predicted octanol–water partition coefficient (Wildman–Crippen LogP) is 4.31. The monoisotopic (exact) mass is 1090 g/mol. The van der Waals surface area contributed by atoms with Crippen molar-refractivity contribution in [1.82, 2.24) is 5.32 Å². The Morgan fingerprint density at radius 1 is 0.461 bits per heavy atom. The number of carbonyl (C=O) groups is 1. The maximum atomic E-state index is 13.3. The molecule has 0 aromatic rings. The number of hydrogen-bond donors (Lipinski definition) is 12. The van der Waals surface area contributed by atoms with Crippen molar-refractivity contribution in [3.8, 4) is 0 Å². The van der Waals surface area contributed by atoms with Crippen LogP contribution in [0.2, 0.25) is 0 Å². The van der Waals surface area contributed by atoms with Gasteiger partial charge in [-0.1, -0.05) is 146 Å². The van der Waals surface area contributed by atoms with Crippen molar-refractivity contribution in [2.75, 3.05) is 26.4 Å². The van der Waals surface area contributed by atoms with Crippen LogP contribution in [0.3, 0.4) is 0 Å². The second-order valence-electron chi connectivity index (χ2n) is 20.7. The van der Waals surface area contributed by atoms with Crippen LogP contribution in [-0.4, -0.2) is 193 Å². The summed E-state index contributed by atoms with van der Waals surface area (Å²) in [5, 5.41) is 120. The molecule has 76 heavy (non-hydrogen) atoms. The maximum absolute atomic E-state index is 13.3. The SMILES string of the molecule is CCCCCCC/C=C\CCCCCCCC(=O)NC(COC1OC(CO)C(OC2OC(CO)C(OC3OC(CO)C(O)C(O)C3O)C(O)C2O)C(O)C1O)C(O)/C=C/CC/C=C/CC/C=C/CCCCCCCCC. The van der Waals surface area contributed by atoms with Crippen LogP contribution in [0.15, 0.2) is 48.6 Å². The summed E-state index contributed by atoms with van der Waals surface area (Å²) >= 11 is 0. The molecule has 0 radical (unpaired) electrons. The van der Waals surface area contributed by atoms with Crippen molar-refractivity contribution in [2.24, 2.45) is 0 Å². The molecule has 1 amide bonds. The quantitative estimate of drug-likeness (QED) is 0.0300. The second-order valence-corrected chi connectivity index (χ2v) is 20.7. The molecule has 3 aliphatic rings. The number of nitrogens with one attached hydrogen (secondary N) is 1. The Morgan fingerprint density at radius 3 is 1.32 bits per heavy atom. The van der Waals surface area contributed by atoms with Crippen molar-refractivity contribution in [3.63, 3.8) is 0 Å². The number of ether oxygens (including phenoxy) is 6. The van der Waals surface area contributed by atoms with E-state index in [0.29, 0.717) is 12.8 Å². The highest BCUT2D eigenvalue weighted by atomic mass is 16.8. The van der Waals surface area contributed by atoms with E-state index in [9.17, 15) is 61.0 Å². The number of unbranched alkanes of at least 4 members (excludes halogenated alkanes) is 19. The van der Waals surface area contributed by atoms with Gasteiger partial charge in [0.25, 0.3) is 0 Å². The third-order valence-corrected chi connectivity index (χ3v) is 14.3. The van der Waals surface area contributed by atoms with Gasteiger partial charge in [0.1, 0.15) is 73.2 Å². The van der Waals surface area contributed by atoms with Crippen LogP contribution in [-0.2, 0) is 33.2 Å². The van der Waals surface area contributed by atoms with Gasteiger partial charge in [-0.25, -0.2) is 0 Å². The molecule has 17 atom stereocenters. The van der Waals surface area contributed by atoms with Crippen LogP contribution in [0.1, 0.15) is 174 Å². The second kappa shape index (κ2) is 40.9. The molecule has 0 aliphatic carbocycles. The lowest BCUT2D eigenvalue weighted by Crippen LogP contribution is -2.66. The number of carbonyl (C=O) groups excluding carboxylic acids is 1. The van der Waals surface area contributed by atoms with E-state index in [1.165, 1.54) is 77.0 Å². The van der Waals surface area contributed by atoms with Gasteiger partial charge < -0.3 is 89.9 Å². The van der Waals surface area contributed by atoms with E-state index in [-0.39, 0.29) is 18.9 Å². The van der Waals surface area contributed by atoms with Crippen molar-refractivity contribution in [2.45, 2.75) is 279 Å². The lowest BCUT2D eigenvalue weighted by molar-refractivity contribution is -0.379. The number of hydrogen-bond acceptors (Lipinski definition) is 18. The fourth-order valence-corrected chi connectivity index (χ4v) is 9.51. The summed E-state index contributed by atoms with van der Waals surface area (Å²) in [4.78, 5) is 13.3. The van der Waals surface area contributed by atoms with Crippen LogP contribution in [0.5, 0.6) is 0 Å². The summed E-state index contributed by atoms with van der Waals surface area (Å²) < 4.78 is 34.2. The fraction of sp³-hybridized carbons (Fsp3) is 0.842. The molecule has 0 saturated carbocycles. The molecule has 3 fully saturated rings. The van der Waals surface area contributed by atoms with Gasteiger partial charge >= 0.3 is 0 Å². The number of amides is 1. The molecular formula is C57H101NO18. The lowest BCUT2D eigenvalue weighted by Gasteiger charge is -2.48. The zero-order valence-electron chi connectivity index (χ0n) is 45.7. The first-order chi connectivity index (χ1) is 36.8. The molecule has 17 unspecified atom stereocenters. The van der Waals surface area contributed by atoms with E-state index in [0.717, 1.165) is 64.2 Å². The molecule has 19 heteroatoms. The molecular weight excluding hydrogens is 987 g/mol. The highest BCUT2D eigenvalue weighted by Gasteiger charge is 2.53. The summed E-state index contributed by atoms with van der Waals surface area (Å²) in [7, 11) is 0. The van der Waals surface area contributed by atoms with Gasteiger partial charge in [0.15, 0.2) is 18.9 Å². The van der Waals surface area contributed by atoms with Gasteiger partial charge in [0.05, 0.1) is 38.6 Å². The van der Waals surface area contributed by atoms with Crippen molar-refractivity contribution in [3.05, 3.63) is 48.6 Å². The molecule has 442 valence electrons. The maximum Gasteiger partial charge on any atom is 0.220 e. The Hall–Kier alpha value is -2.25. The van der Waals surface area contributed by atoms with Crippen LogP contribution >= 0.6 is 0 Å². The Bertz CT molecular complexity index is 1580. The number of allylic oxidation sites excluding steroid dienone is 7. The van der Waals surface area contributed by atoms with Crippen molar-refractivity contribution in [1.29, 1.82) is 0 Å². The van der Waals surface area contributed by atoms with Crippen LogP contribution in [0, 0.1) is 0 Å². The molecule has 0 aromatic carbocycles. The summed E-state index contributed by atoms with van der Waals surface area (Å²) in [6, 6.07) is -0.999. The molecule has 3 aliphatic heterocycles. The first kappa shape index (κ1) is 68.0. The average Bonchev–Trinajstić information content (AvgIpc) is 3.42. The first-order valence-corrected chi connectivity index (χ1v) is 28.9. The third-order valence-electron chi connectivity index (χ3n) is 14.3. The van der Waals surface area contributed by atoms with Gasteiger partial charge in [0.2, 0.25) is 5.91 Å². The van der Waals surface area contributed by atoms with Gasteiger partial charge in [-0.15, -0.1) is 0 Å². The van der Waals surface area contributed by atoms with E-state index in [2.05, 4.69) is 55.6 Å². The highest BCUT2D eigenvalue weighted by Crippen LogP contribution is 2.33. The van der Waals surface area contributed by atoms with Crippen molar-refractivity contribution < 1.29 is 89.4 Å². The summed E-state index contributed by atoms with van der Waals surface area (Å²) in [6.45, 7) is 1.65. The topological polar surface area (TPSA) is 307 Å². The van der Waals surface area contributed by atoms with Crippen LogP contribution in [0.25, 0.3) is 0 Å². The minimum atomic E-state index is -1.98. The van der Waals surface area contributed by atoms with E-state index in [1.807, 2.05) is 6.08 Å². The van der Waals surface area contributed by atoms with Gasteiger partial charge in [0, 0.05) is 6.42 Å². The number of rotatable bonds is 41. The smallest absolute Gasteiger partial charge is 0.220 e. The average molecular weight is 1090 g/mol. The molecule has 0 spiro atoms. The summed E-state index contributed by atoms with van der Waals surface area (Å²) in [5.41, 5.74) is 0. The predicted molar refractivity (Wildman–Crippen MR) is 286 cm³/mol. The Labute approximate surface area is 453 Å². The van der Waals surface area contributed by atoms with E-state index in [4.69, 9.17) is 28.4 Å². The zero-order chi connectivity index (χ0) is 55.5. The molecule has 0 bridgehead atoms. The molecule has 3 heterocycles. The normalized spacial score (nSPS) is 31.3. The molecule has 19 nitrogen and oxygen atoms in total. The van der Waals surface area contributed by atoms with Gasteiger partial charge in [-0.05, 0) is 70.6 Å². The Morgan fingerprint density at radius 2 is 0.842 bits per heavy atom. The number of aliphatic hydroxyl groups is 11. The highest BCUT2D eigenvalue weighted by molar-refractivity contribution is 5.76. The summed E-state index contributed by atoms with van der Waals surface area (Å²) in [5.74, 6) is -0.301. The largest absolute Gasteiger partial charge is 0.394 e. The van der Waals surface area contributed by atoms with Gasteiger partial charge in [-0.3, -0.25) is 4.79 Å². The minimum absolute atomic E-state index is 0.221. The third kappa shape index (κ3) is 25.0. The van der Waals surface area contributed by atoms with Crippen LogP contribution in [0.4, 0.5) is 0 Å². The Balaban J connectivity index is 1.55. The lowest BCUT2D eigenvalue weighted by atomic mass is 9.96. The molecule has 0 aromatic heterocycles. The molecule has 12 N–H and O–H groups in total. The van der Waals surface area contributed by atoms with Crippen LogP contribution < -0.4 is 5.32 Å².